The van der Waals surface area contributed by atoms with Crippen LogP contribution in [0.4, 0.5) is 8.78 Å². The summed E-state index contributed by atoms with van der Waals surface area (Å²) in [4.78, 5) is 16.6. The minimum absolute atomic E-state index is 0.00828. The molecule has 1 N–H and O–H groups in total. The number of rotatable bonds is 5. The first-order valence-corrected chi connectivity index (χ1v) is 8.46. The lowest BCUT2D eigenvalue weighted by Gasteiger charge is -2.16. The van der Waals surface area contributed by atoms with E-state index in [-0.39, 0.29) is 28.3 Å². The van der Waals surface area contributed by atoms with Gasteiger partial charge in [0.2, 0.25) is 11.7 Å². The quantitative estimate of drug-likeness (QED) is 0.645. The molecule has 4 nitrogen and oxygen atoms in total. The molecule has 138 valence electrons. The van der Waals surface area contributed by atoms with E-state index in [1.807, 2.05) is 37.3 Å². The van der Waals surface area contributed by atoms with Crippen molar-refractivity contribution in [2.75, 3.05) is 0 Å². The van der Waals surface area contributed by atoms with Gasteiger partial charge in [0.15, 0.2) is 11.6 Å². The smallest absolute Gasteiger partial charge is 0.257 e. The van der Waals surface area contributed by atoms with Crippen LogP contribution in [0.2, 0.25) is 5.02 Å². The zero-order chi connectivity index (χ0) is 19.4. The number of aromatic nitrogens is 1. The minimum Gasteiger partial charge on any atom is -0.435 e. The zero-order valence-corrected chi connectivity index (χ0v) is 15.0. The first kappa shape index (κ1) is 18.8. The van der Waals surface area contributed by atoms with Gasteiger partial charge in [0.25, 0.3) is 5.91 Å². The molecule has 3 rings (SSSR count). The van der Waals surface area contributed by atoms with Crippen LogP contribution in [0.25, 0.3) is 0 Å². The lowest BCUT2D eigenvalue weighted by Crippen LogP contribution is -2.27. The van der Waals surface area contributed by atoms with E-state index < -0.39 is 17.5 Å². The van der Waals surface area contributed by atoms with Crippen molar-refractivity contribution in [3.8, 4) is 11.6 Å². The summed E-state index contributed by atoms with van der Waals surface area (Å²) < 4.78 is 32.6. The number of hydrogen-bond donors (Lipinski definition) is 1. The fourth-order valence-electron chi connectivity index (χ4n) is 2.44. The molecule has 2 aromatic carbocycles. The summed E-state index contributed by atoms with van der Waals surface area (Å²) in [5.41, 5.74) is 0.911. The summed E-state index contributed by atoms with van der Waals surface area (Å²) in [6, 6.07) is 13.9. The van der Waals surface area contributed by atoms with Crippen LogP contribution in [0.5, 0.6) is 11.6 Å². The van der Waals surface area contributed by atoms with Gasteiger partial charge in [0.05, 0.1) is 11.1 Å². The molecule has 0 saturated heterocycles. The molecule has 1 amide bonds. The molecular weight excluding hydrogens is 374 g/mol. The highest BCUT2D eigenvalue weighted by Gasteiger charge is 2.20. The SMILES string of the molecule is C[C@H](NC(=O)c1cc(Cl)cnc1Oc1cccc(F)c1F)c1ccccc1. The molecule has 0 radical (unpaired) electrons. The molecule has 1 aromatic heterocycles. The normalized spacial score (nSPS) is 11.7. The summed E-state index contributed by atoms with van der Waals surface area (Å²) in [5, 5.41) is 3.01. The second-order valence-electron chi connectivity index (χ2n) is 5.77. The third-order valence-electron chi connectivity index (χ3n) is 3.83. The van der Waals surface area contributed by atoms with Crippen molar-refractivity contribution in [3.05, 3.63) is 88.6 Å². The molecule has 0 spiro atoms. The molecule has 0 aliphatic carbocycles. The Kier molecular flexibility index (Phi) is 5.66. The molecule has 0 aliphatic heterocycles. The van der Waals surface area contributed by atoms with Crippen molar-refractivity contribution in [1.29, 1.82) is 0 Å². The number of pyridine rings is 1. The van der Waals surface area contributed by atoms with Gasteiger partial charge in [0, 0.05) is 6.20 Å². The van der Waals surface area contributed by atoms with Crippen molar-refractivity contribution in [2.45, 2.75) is 13.0 Å². The van der Waals surface area contributed by atoms with E-state index in [0.717, 1.165) is 11.6 Å². The standard InChI is InChI=1S/C20H15ClF2N2O2/c1-12(13-6-3-2-4-7-13)25-19(26)15-10-14(21)11-24-20(15)27-17-9-5-8-16(22)18(17)23/h2-12H,1H3,(H,25,26)/t12-/m0/s1. The zero-order valence-electron chi connectivity index (χ0n) is 14.2. The number of amides is 1. The lowest BCUT2D eigenvalue weighted by atomic mass is 10.1. The Hall–Kier alpha value is -2.99. The Labute approximate surface area is 159 Å². The van der Waals surface area contributed by atoms with Crippen LogP contribution in [-0.4, -0.2) is 10.9 Å². The molecule has 0 fully saturated rings. The third kappa shape index (κ3) is 4.41. The molecule has 3 aromatic rings. The number of nitrogens with one attached hydrogen (secondary N) is 1. The van der Waals surface area contributed by atoms with Gasteiger partial charge in [-0.3, -0.25) is 4.79 Å². The van der Waals surface area contributed by atoms with Crippen LogP contribution >= 0.6 is 11.6 Å². The molecule has 1 heterocycles. The fraction of sp³-hybridized carbons (Fsp3) is 0.100. The maximum absolute atomic E-state index is 13.9. The van der Waals surface area contributed by atoms with E-state index in [0.29, 0.717) is 0 Å². The second kappa shape index (κ2) is 8.14. The van der Waals surface area contributed by atoms with E-state index >= 15 is 0 Å². The number of halogens is 3. The van der Waals surface area contributed by atoms with E-state index in [1.54, 1.807) is 0 Å². The number of ether oxygens (including phenoxy) is 1. The number of hydrogen-bond acceptors (Lipinski definition) is 3. The Morgan fingerprint density at radius 2 is 1.89 bits per heavy atom. The number of nitrogens with zero attached hydrogens (tertiary/aromatic N) is 1. The van der Waals surface area contributed by atoms with Gasteiger partial charge in [0.1, 0.15) is 5.56 Å². The van der Waals surface area contributed by atoms with Gasteiger partial charge >= 0.3 is 0 Å². The topological polar surface area (TPSA) is 51.2 Å². The Morgan fingerprint density at radius 1 is 1.15 bits per heavy atom. The molecule has 0 unspecified atom stereocenters. The van der Waals surface area contributed by atoms with Gasteiger partial charge in [-0.25, -0.2) is 9.37 Å². The Bertz CT molecular complexity index is 967. The summed E-state index contributed by atoms with van der Waals surface area (Å²) in [6.07, 6.45) is 1.26. The highest BCUT2D eigenvalue weighted by Crippen LogP contribution is 2.28. The third-order valence-corrected chi connectivity index (χ3v) is 4.04. The van der Waals surface area contributed by atoms with E-state index in [4.69, 9.17) is 16.3 Å². The fourth-order valence-corrected chi connectivity index (χ4v) is 2.60. The monoisotopic (exact) mass is 388 g/mol. The molecule has 1 atom stereocenters. The summed E-state index contributed by atoms with van der Waals surface area (Å²) in [7, 11) is 0. The van der Waals surface area contributed by atoms with Gasteiger partial charge in [-0.1, -0.05) is 48.0 Å². The van der Waals surface area contributed by atoms with Gasteiger partial charge in [-0.05, 0) is 30.7 Å². The van der Waals surface area contributed by atoms with Crippen molar-refractivity contribution in [1.82, 2.24) is 10.3 Å². The van der Waals surface area contributed by atoms with E-state index in [2.05, 4.69) is 10.3 Å². The molecule has 0 saturated carbocycles. The molecule has 0 aliphatic rings. The Balaban J connectivity index is 1.87. The van der Waals surface area contributed by atoms with Crippen LogP contribution in [0.1, 0.15) is 28.9 Å². The van der Waals surface area contributed by atoms with Gasteiger partial charge in [-0.2, -0.15) is 4.39 Å². The highest BCUT2D eigenvalue weighted by molar-refractivity contribution is 6.30. The largest absolute Gasteiger partial charge is 0.435 e. The maximum atomic E-state index is 13.9. The summed E-state index contributed by atoms with van der Waals surface area (Å²) in [5.74, 6) is -3.30. The first-order chi connectivity index (χ1) is 13.0. The van der Waals surface area contributed by atoms with E-state index in [1.165, 1.54) is 24.4 Å². The predicted octanol–water partition coefficient (Wildman–Crippen LogP) is 5.30. The lowest BCUT2D eigenvalue weighted by molar-refractivity contribution is 0.0936. The minimum atomic E-state index is -1.17. The van der Waals surface area contributed by atoms with Crippen LogP contribution < -0.4 is 10.1 Å². The Morgan fingerprint density at radius 3 is 2.63 bits per heavy atom. The van der Waals surface area contributed by atoms with Crippen LogP contribution in [0.3, 0.4) is 0 Å². The van der Waals surface area contributed by atoms with Crippen molar-refractivity contribution >= 4 is 17.5 Å². The molecule has 7 heteroatoms. The van der Waals surface area contributed by atoms with Crippen LogP contribution in [0.15, 0.2) is 60.8 Å². The number of benzene rings is 2. The van der Waals surface area contributed by atoms with Gasteiger partial charge in [-0.15, -0.1) is 0 Å². The molecule has 27 heavy (non-hydrogen) atoms. The van der Waals surface area contributed by atoms with Gasteiger partial charge < -0.3 is 10.1 Å². The summed E-state index contributed by atoms with van der Waals surface area (Å²) >= 11 is 5.94. The average molecular weight is 389 g/mol. The second-order valence-corrected chi connectivity index (χ2v) is 6.20. The number of carbonyl (C=O) groups is 1. The van der Waals surface area contributed by atoms with Crippen molar-refractivity contribution < 1.29 is 18.3 Å². The van der Waals surface area contributed by atoms with Crippen molar-refractivity contribution in [2.24, 2.45) is 0 Å². The van der Waals surface area contributed by atoms with Crippen molar-refractivity contribution in [3.63, 3.8) is 0 Å². The average Bonchev–Trinajstić information content (AvgIpc) is 2.67. The highest BCUT2D eigenvalue weighted by atomic mass is 35.5. The summed E-state index contributed by atoms with van der Waals surface area (Å²) in [6.45, 7) is 1.82. The number of carbonyl (C=O) groups excluding carboxylic acids is 1. The van der Waals surface area contributed by atoms with Crippen LogP contribution in [0, 0.1) is 11.6 Å². The van der Waals surface area contributed by atoms with E-state index in [9.17, 15) is 13.6 Å². The first-order valence-electron chi connectivity index (χ1n) is 8.09. The molecule has 0 bridgehead atoms. The maximum Gasteiger partial charge on any atom is 0.257 e. The molecular formula is C20H15ClF2N2O2. The van der Waals surface area contributed by atoms with Crippen LogP contribution in [-0.2, 0) is 0 Å². The predicted molar refractivity (Wildman–Crippen MR) is 98.0 cm³/mol.